The van der Waals surface area contributed by atoms with Gasteiger partial charge in [0.15, 0.2) is 6.10 Å². The van der Waals surface area contributed by atoms with Gasteiger partial charge in [0.1, 0.15) is 0 Å². The van der Waals surface area contributed by atoms with Crippen LogP contribution in [0.25, 0.3) is 0 Å². The van der Waals surface area contributed by atoms with Crippen LogP contribution in [-0.4, -0.2) is 50.2 Å². The van der Waals surface area contributed by atoms with E-state index >= 15 is 0 Å². The number of nitrogen functional groups attached to an aromatic ring is 1. The third-order valence-electron chi connectivity index (χ3n) is 3.31. The van der Waals surface area contributed by atoms with E-state index in [1.807, 2.05) is 17.0 Å². The molecule has 1 heterocycles. The summed E-state index contributed by atoms with van der Waals surface area (Å²) in [5.74, 6) is -0.0200. The second-order valence-corrected chi connectivity index (χ2v) is 4.77. The largest absolute Gasteiger partial charge is 0.399 e. The summed E-state index contributed by atoms with van der Waals surface area (Å²) in [7, 11) is 1.73. The predicted octanol–water partition coefficient (Wildman–Crippen LogP) is 0.456. The molecule has 106 valence electrons. The average Bonchev–Trinajstić information content (AvgIpc) is 2.47. The molecule has 1 atom stereocenters. The van der Waals surface area contributed by atoms with Gasteiger partial charge in [-0.25, -0.2) is 0 Å². The first kappa shape index (κ1) is 14.3. The Hall–Kier alpha value is -2.10. The van der Waals surface area contributed by atoms with Gasteiger partial charge < -0.3 is 15.4 Å². The number of likely N-dealkylation sites (N-methyl/N-ethyl adjacent to an activating group) is 1. The minimum Gasteiger partial charge on any atom is -0.399 e. The number of rotatable bonds is 3. The van der Waals surface area contributed by atoms with Crippen molar-refractivity contribution in [1.82, 2.24) is 4.90 Å². The van der Waals surface area contributed by atoms with Gasteiger partial charge in [0.25, 0.3) is 0 Å². The molecule has 0 radical (unpaired) electrons. The normalized spacial score (nSPS) is 19.3. The van der Waals surface area contributed by atoms with E-state index in [0.29, 0.717) is 25.4 Å². The maximum absolute atomic E-state index is 12.2. The van der Waals surface area contributed by atoms with Gasteiger partial charge in [-0.05, 0) is 24.3 Å². The number of anilines is 2. The lowest BCUT2D eigenvalue weighted by Crippen LogP contribution is -2.46. The van der Waals surface area contributed by atoms with Crippen LogP contribution in [0.3, 0.4) is 0 Å². The minimum atomic E-state index is -0.446. The monoisotopic (exact) mass is 274 g/mol. The van der Waals surface area contributed by atoms with Crippen LogP contribution >= 0.6 is 0 Å². The van der Waals surface area contributed by atoms with Crippen molar-refractivity contribution in [3.05, 3.63) is 24.3 Å². The lowest BCUT2D eigenvalue weighted by Gasteiger charge is -2.30. The number of amides is 1. The van der Waals surface area contributed by atoms with Gasteiger partial charge in [-0.3, -0.25) is 9.69 Å². The Balaban J connectivity index is 1.94. The number of ether oxygens (including phenoxy) is 1. The van der Waals surface area contributed by atoms with Crippen LogP contribution in [0.15, 0.2) is 24.3 Å². The SMILES string of the molecule is CN(C(=O)CN1CCOC(C#N)C1)c1ccc(N)cc1. The van der Waals surface area contributed by atoms with Crippen molar-refractivity contribution in [1.29, 1.82) is 5.26 Å². The molecule has 20 heavy (non-hydrogen) atoms. The molecule has 6 nitrogen and oxygen atoms in total. The summed E-state index contributed by atoms with van der Waals surface area (Å²) >= 11 is 0. The molecular formula is C14H18N4O2. The number of nitriles is 1. The van der Waals surface area contributed by atoms with Crippen molar-refractivity contribution < 1.29 is 9.53 Å². The smallest absolute Gasteiger partial charge is 0.240 e. The third kappa shape index (κ3) is 3.47. The summed E-state index contributed by atoms with van der Waals surface area (Å²) in [5.41, 5.74) is 7.09. The molecular weight excluding hydrogens is 256 g/mol. The third-order valence-corrected chi connectivity index (χ3v) is 3.31. The summed E-state index contributed by atoms with van der Waals surface area (Å²) in [5, 5.41) is 8.85. The first-order chi connectivity index (χ1) is 9.60. The number of hydrogen-bond acceptors (Lipinski definition) is 5. The van der Waals surface area contributed by atoms with Gasteiger partial charge in [0, 0.05) is 31.5 Å². The van der Waals surface area contributed by atoms with Crippen LogP contribution in [0.4, 0.5) is 11.4 Å². The maximum atomic E-state index is 12.2. The molecule has 0 aliphatic carbocycles. The lowest BCUT2D eigenvalue weighted by molar-refractivity contribution is -0.120. The van der Waals surface area contributed by atoms with Crippen LogP contribution in [0, 0.1) is 11.3 Å². The van der Waals surface area contributed by atoms with E-state index < -0.39 is 6.10 Å². The van der Waals surface area contributed by atoms with E-state index in [0.717, 1.165) is 5.69 Å². The fourth-order valence-electron chi connectivity index (χ4n) is 2.06. The zero-order valence-corrected chi connectivity index (χ0v) is 11.5. The minimum absolute atomic E-state index is 0.0200. The van der Waals surface area contributed by atoms with Gasteiger partial charge in [-0.2, -0.15) is 5.26 Å². The van der Waals surface area contributed by atoms with Gasteiger partial charge in [0.2, 0.25) is 5.91 Å². The van der Waals surface area contributed by atoms with Crippen molar-refractivity contribution in [3.63, 3.8) is 0 Å². The zero-order valence-electron chi connectivity index (χ0n) is 11.5. The molecule has 2 rings (SSSR count). The second kappa shape index (κ2) is 6.37. The Morgan fingerprint density at radius 2 is 2.25 bits per heavy atom. The Morgan fingerprint density at radius 1 is 1.55 bits per heavy atom. The summed E-state index contributed by atoms with van der Waals surface area (Å²) in [6.07, 6.45) is -0.446. The lowest BCUT2D eigenvalue weighted by atomic mass is 10.2. The molecule has 1 aliphatic rings. The van der Waals surface area contributed by atoms with Crippen LogP contribution in [0.1, 0.15) is 0 Å². The molecule has 1 saturated heterocycles. The number of carbonyl (C=O) groups is 1. The number of morpholine rings is 1. The molecule has 1 aromatic rings. The van der Waals surface area contributed by atoms with E-state index in [2.05, 4.69) is 6.07 Å². The van der Waals surface area contributed by atoms with Crippen LogP contribution in [0.2, 0.25) is 0 Å². The van der Waals surface area contributed by atoms with E-state index in [-0.39, 0.29) is 12.5 Å². The molecule has 6 heteroatoms. The fourth-order valence-corrected chi connectivity index (χ4v) is 2.06. The first-order valence-corrected chi connectivity index (χ1v) is 6.46. The van der Waals surface area contributed by atoms with E-state index in [4.69, 9.17) is 15.7 Å². The van der Waals surface area contributed by atoms with Crippen molar-refractivity contribution in [2.45, 2.75) is 6.10 Å². The van der Waals surface area contributed by atoms with Crippen LogP contribution in [-0.2, 0) is 9.53 Å². The van der Waals surface area contributed by atoms with E-state index in [9.17, 15) is 4.79 Å². The average molecular weight is 274 g/mol. The molecule has 1 amide bonds. The summed E-state index contributed by atoms with van der Waals surface area (Å²) in [6.45, 7) is 1.90. The van der Waals surface area contributed by atoms with E-state index in [1.54, 1.807) is 24.1 Å². The molecule has 1 fully saturated rings. The predicted molar refractivity (Wildman–Crippen MR) is 76.1 cm³/mol. The molecule has 0 bridgehead atoms. The number of benzene rings is 1. The van der Waals surface area contributed by atoms with Crippen molar-refractivity contribution in [2.24, 2.45) is 0 Å². The number of nitrogens with zero attached hydrogens (tertiary/aromatic N) is 3. The molecule has 0 saturated carbocycles. The van der Waals surface area contributed by atoms with Gasteiger partial charge in [-0.15, -0.1) is 0 Å². The molecule has 0 spiro atoms. The molecule has 1 aliphatic heterocycles. The number of nitrogens with two attached hydrogens (primary N) is 1. The number of carbonyl (C=O) groups excluding carboxylic acids is 1. The standard InChI is InChI=1S/C14H18N4O2/c1-17(12-4-2-11(16)3-5-12)14(19)10-18-6-7-20-13(8-15)9-18/h2-5,13H,6-7,9-10,16H2,1H3. The Kier molecular flexibility index (Phi) is 4.56. The molecule has 1 aromatic carbocycles. The highest BCUT2D eigenvalue weighted by molar-refractivity contribution is 5.94. The maximum Gasteiger partial charge on any atom is 0.240 e. The second-order valence-electron chi connectivity index (χ2n) is 4.77. The number of hydrogen-bond donors (Lipinski definition) is 1. The highest BCUT2D eigenvalue weighted by Gasteiger charge is 2.23. The summed E-state index contributed by atoms with van der Waals surface area (Å²) in [4.78, 5) is 15.8. The highest BCUT2D eigenvalue weighted by atomic mass is 16.5. The summed E-state index contributed by atoms with van der Waals surface area (Å²) < 4.78 is 5.26. The molecule has 1 unspecified atom stereocenters. The van der Waals surface area contributed by atoms with Crippen molar-refractivity contribution >= 4 is 17.3 Å². The topological polar surface area (TPSA) is 82.6 Å². The van der Waals surface area contributed by atoms with Gasteiger partial charge >= 0.3 is 0 Å². The van der Waals surface area contributed by atoms with E-state index in [1.165, 1.54) is 0 Å². The summed E-state index contributed by atoms with van der Waals surface area (Å²) in [6, 6.07) is 9.22. The first-order valence-electron chi connectivity index (χ1n) is 6.46. The van der Waals surface area contributed by atoms with Crippen molar-refractivity contribution in [2.75, 3.05) is 43.9 Å². The molecule has 0 aromatic heterocycles. The van der Waals surface area contributed by atoms with Crippen LogP contribution < -0.4 is 10.6 Å². The fraction of sp³-hybridized carbons (Fsp3) is 0.429. The zero-order chi connectivity index (χ0) is 14.5. The van der Waals surface area contributed by atoms with Crippen LogP contribution in [0.5, 0.6) is 0 Å². The molecule has 2 N–H and O–H groups in total. The van der Waals surface area contributed by atoms with Gasteiger partial charge in [0.05, 0.1) is 19.2 Å². The Morgan fingerprint density at radius 3 is 2.90 bits per heavy atom. The van der Waals surface area contributed by atoms with Crippen molar-refractivity contribution in [3.8, 4) is 6.07 Å². The Labute approximate surface area is 118 Å². The quantitative estimate of drug-likeness (QED) is 0.809. The highest BCUT2D eigenvalue weighted by Crippen LogP contribution is 2.15. The Bertz CT molecular complexity index is 509. The van der Waals surface area contributed by atoms with Gasteiger partial charge in [-0.1, -0.05) is 0 Å².